The molecule has 0 spiro atoms. The maximum atomic E-state index is 8.81. The molecule has 1 unspecified atom stereocenters. The number of hydrogen-bond acceptors (Lipinski definition) is 3. The van der Waals surface area contributed by atoms with Crippen molar-refractivity contribution >= 4 is 33.4 Å². The molecule has 80 valence electrons. The molecule has 0 aliphatic rings. The van der Waals surface area contributed by atoms with Crippen LogP contribution in [0.5, 0.6) is 0 Å². The van der Waals surface area contributed by atoms with Gasteiger partial charge in [0, 0.05) is 22.0 Å². The van der Waals surface area contributed by atoms with Crippen LogP contribution in [0.25, 0.3) is 0 Å². The highest BCUT2D eigenvalue weighted by atomic mass is 79.9. The zero-order valence-electron chi connectivity index (χ0n) is 8.75. The summed E-state index contributed by atoms with van der Waals surface area (Å²) >= 11 is 5.20. The van der Waals surface area contributed by atoms with E-state index in [0.29, 0.717) is 10.8 Å². The van der Waals surface area contributed by atoms with Crippen LogP contribution >= 0.6 is 27.7 Å². The summed E-state index contributed by atoms with van der Waals surface area (Å²) in [4.78, 5) is 0. The van der Waals surface area contributed by atoms with Crippen LogP contribution in [0.3, 0.4) is 0 Å². The number of thioether (sulfide) groups is 1. The Labute approximate surface area is 103 Å². The van der Waals surface area contributed by atoms with Gasteiger partial charge in [-0.25, -0.2) is 0 Å². The fourth-order valence-corrected chi connectivity index (χ4v) is 1.84. The van der Waals surface area contributed by atoms with Gasteiger partial charge in [0.2, 0.25) is 0 Å². The second-order valence-electron chi connectivity index (χ2n) is 3.27. The van der Waals surface area contributed by atoms with Crippen LogP contribution in [0.4, 0.5) is 5.69 Å². The number of anilines is 1. The Balaban J connectivity index is 2.69. The lowest BCUT2D eigenvalue weighted by Crippen LogP contribution is -2.12. The Bertz CT molecular complexity index is 373. The van der Waals surface area contributed by atoms with Crippen LogP contribution < -0.4 is 5.32 Å². The molecule has 1 aromatic carbocycles. The third-order valence-corrected chi connectivity index (χ3v) is 3.45. The van der Waals surface area contributed by atoms with E-state index in [1.165, 1.54) is 0 Å². The molecule has 0 aliphatic carbocycles. The van der Waals surface area contributed by atoms with Crippen LogP contribution in [0.2, 0.25) is 0 Å². The van der Waals surface area contributed by atoms with E-state index < -0.39 is 0 Å². The van der Waals surface area contributed by atoms with Gasteiger partial charge in [-0.1, -0.05) is 22.9 Å². The fraction of sp³-hybridized carbons (Fsp3) is 0.364. The summed E-state index contributed by atoms with van der Waals surface area (Å²) in [7, 11) is 0. The summed E-state index contributed by atoms with van der Waals surface area (Å²) in [6.45, 7) is 3.07. The van der Waals surface area contributed by atoms with E-state index in [1.54, 1.807) is 0 Å². The van der Waals surface area contributed by atoms with Gasteiger partial charge in [-0.2, -0.15) is 17.0 Å². The van der Waals surface area contributed by atoms with Crippen molar-refractivity contribution in [3.8, 4) is 6.07 Å². The minimum absolute atomic E-state index is 0.564. The van der Waals surface area contributed by atoms with Crippen molar-refractivity contribution in [1.29, 1.82) is 5.26 Å². The van der Waals surface area contributed by atoms with Gasteiger partial charge in [0.1, 0.15) is 0 Å². The molecule has 0 heterocycles. The van der Waals surface area contributed by atoms with Crippen molar-refractivity contribution in [3.05, 3.63) is 28.2 Å². The topological polar surface area (TPSA) is 35.8 Å². The molecule has 15 heavy (non-hydrogen) atoms. The van der Waals surface area contributed by atoms with Gasteiger partial charge >= 0.3 is 0 Å². The Hall–Kier alpha value is -0.660. The Kier molecular flexibility index (Phi) is 5.00. The number of benzene rings is 1. The highest BCUT2D eigenvalue weighted by Crippen LogP contribution is 2.19. The lowest BCUT2D eigenvalue weighted by atomic mass is 10.2. The van der Waals surface area contributed by atoms with E-state index in [4.69, 9.17) is 5.26 Å². The zero-order chi connectivity index (χ0) is 11.3. The molecule has 0 radical (unpaired) electrons. The van der Waals surface area contributed by atoms with Crippen LogP contribution in [-0.2, 0) is 0 Å². The summed E-state index contributed by atoms with van der Waals surface area (Å²) in [5, 5.41) is 12.7. The molecule has 2 nitrogen and oxygen atoms in total. The molecule has 1 aromatic rings. The van der Waals surface area contributed by atoms with E-state index in [1.807, 2.05) is 30.0 Å². The van der Waals surface area contributed by atoms with Crippen molar-refractivity contribution in [2.45, 2.75) is 12.2 Å². The maximum absolute atomic E-state index is 8.81. The average molecular weight is 285 g/mol. The SMILES string of the molecule is CSC(C)CNc1cc(Br)cc(C#N)c1. The molecule has 0 amide bonds. The van der Waals surface area contributed by atoms with E-state index in [2.05, 4.69) is 40.5 Å². The highest BCUT2D eigenvalue weighted by molar-refractivity contribution is 9.10. The number of rotatable bonds is 4. The van der Waals surface area contributed by atoms with Crippen molar-refractivity contribution in [2.24, 2.45) is 0 Å². The maximum Gasteiger partial charge on any atom is 0.0992 e. The van der Waals surface area contributed by atoms with Gasteiger partial charge in [0.15, 0.2) is 0 Å². The summed E-state index contributed by atoms with van der Waals surface area (Å²) in [5.74, 6) is 0. The fourth-order valence-electron chi connectivity index (χ4n) is 1.10. The van der Waals surface area contributed by atoms with E-state index in [0.717, 1.165) is 16.7 Å². The molecule has 0 aliphatic heterocycles. The molecule has 0 saturated heterocycles. The Morgan fingerprint density at radius 2 is 2.27 bits per heavy atom. The average Bonchev–Trinajstić information content (AvgIpc) is 2.25. The lowest BCUT2D eigenvalue weighted by Gasteiger charge is -2.11. The second-order valence-corrected chi connectivity index (χ2v) is 5.46. The van der Waals surface area contributed by atoms with Gasteiger partial charge in [-0.15, -0.1) is 0 Å². The number of hydrogen-bond donors (Lipinski definition) is 1. The molecule has 4 heteroatoms. The highest BCUT2D eigenvalue weighted by Gasteiger charge is 2.01. The van der Waals surface area contributed by atoms with Crippen LogP contribution in [0.15, 0.2) is 22.7 Å². The second kappa shape index (κ2) is 6.04. The molecular formula is C11H13BrN2S. The monoisotopic (exact) mass is 284 g/mol. The van der Waals surface area contributed by atoms with Crippen LogP contribution in [-0.4, -0.2) is 18.1 Å². The first-order valence-corrected chi connectivity index (χ1v) is 6.71. The standard InChI is InChI=1S/C11H13BrN2S/c1-8(15-2)7-14-11-4-9(6-13)3-10(12)5-11/h3-5,8,14H,7H2,1-2H3. The minimum atomic E-state index is 0.564. The molecule has 0 aromatic heterocycles. The minimum Gasteiger partial charge on any atom is -0.384 e. The van der Waals surface area contributed by atoms with Crippen molar-refractivity contribution < 1.29 is 0 Å². The van der Waals surface area contributed by atoms with Crippen LogP contribution in [0.1, 0.15) is 12.5 Å². The third-order valence-electron chi connectivity index (χ3n) is 2.02. The summed E-state index contributed by atoms with van der Waals surface area (Å²) in [6, 6.07) is 7.78. The summed E-state index contributed by atoms with van der Waals surface area (Å²) in [6.07, 6.45) is 2.09. The van der Waals surface area contributed by atoms with Gasteiger partial charge in [0.05, 0.1) is 11.6 Å². The lowest BCUT2D eigenvalue weighted by molar-refractivity contribution is 1.00. The van der Waals surface area contributed by atoms with Crippen LogP contribution in [0, 0.1) is 11.3 Å². The van der Waals surface area contributed by atoms with E-state index in [-0.39, 0.29) is 0 Å². The smallest absolute Gasteiger partial charge is 0.0992 e. The zero-order valence-corrected chi connectivity index (χ0v) is 11.2. The Morgan fingerprint density at radius 1 is 1.53 bits per heavy atom. The predicted octanol–water partition coefficient (Wildman–Crippen LogP) is 3.48. The van der Waals surface area contributed by atoms with E-state index >= 15 is 0 Å². The van der Waals surface area contributed by atoms with Crippen molar-refractivity contribution in [2.75, 3.05) is 18.1 Å². The molecular weight excluding hydrogens is 272 g/mol. The summed E-state index contributed by atoms with van der Waals surface area (Å²) in [5.41, 5.74) is 1.66. The van der Waals surface area contributed by atoms with Crippen molar-refractivity contribution in [1.82, 2.24) is 0 Å². The quantitative estimate of drug-likeness (QED) is 0.920. The number of nitrogens with zero attached hydrogens (tertiary/aromatic N) is 1. The van der Waals surface area contributed by atoms with E-state index in [9.17, 15) is 0 Å². The molecule has 1 atom stereocenters. The first-order chi connectivity index (χ1) is 7.15. The van der Waals surface area contributed by atoms with Gasteiger partial charge in [-0.05, 0) is 24.5 Å². The number of halogens is 1. The van der Waals surface area contributed by atoms with Gasteiger partial charge in [0.25, 0.3) is 0 Å². The van der Waals surface area contributed by atoms with Crippen molar-refractivity contribution in [3.63, 3.8) is 0 Å². The normalized spacial score (nSPS) is 11.9. The number of nitriles is 1. The molecule has 1 N–H and O–H groups in total. The first kappa shape index (κ1) is 12.4. The van der Waals surface area contributed by atoms with Gasteiger partial charge < -0.3 is 5.32 Å². The molecule has 0 saturated carbocycles. The molecule has 0 fully saturated rings. The predicted molar refractivity (Wildman–Crippen MR) is 70.3 cm³/mol. The molecule has 1 rings (SSSR count). The first-order valence-electron chi connectivity index (χ1n) is 4.63. The largest absolute Gasteiger partial charge is 0.384 e. The number of nitrogens with one attached hydrogen (secondary N) is 1. The summed E-state index contributed by atoms with van der Waals surface area (Å²) < 4.78 is 0.931. The molecule has 0 bridgehead atoms. The van der Waals surface area contributed by atoms with Gasteiger partial charge in [-0.3, -0.25) is 0 Å². The third kappa shape index (κ3) is 4.15. The Morgan fingerprint density at radius 3 is 2.87 bits per heavy atom.